The smallest absolute Gasteiger partial charge is 0.393 e. The van der Waals surface area contributed by atoms with E-state index in [1.807, 2.05) is 0 Å². The Kier molecular flexibility index (Phi) is 3.38. The van der Waals surface area contributed by atoms with Crippen molar-refractivity contribution in [3.63, 3.8) is 0 Å². The second-order valence-electron chi connectivity index (χ2n) is 4.07. The van der Waals surface area contributed by atoms with Gasteiger partial charge in [0.25, 0.3) is 0 Å². The average Bonchev–Trinajstić information content (AvgIpc) is 2.70. The van der Waals surface area contributed by atoms with Gasteiger partial charge in [-0.3, -0.25) is 9.05 Å². The topological polar surface area (TPSA) is 86.2 Å². The summed E-state index contributed by atoms with van der Waals surface area (Å²) in [5, 5.41) is 11.7. The Morgan fingerprint density at radius 3 is 2.88 bits per heavy atom. The van der Waals surface area contributed by atoms with Crippen LogP contribution in [0.15, 0.2) is 0 Å². The Morgan fingerprint density at radius 1 is 1.56 bits per heavy atom. The van der Waals surface area contributed by atoms with E-state index in [-0.39, 0.29) is 6.61 Å². The summed E-state index contributed by atoms with van der Waals surface area (Å²) in [4.78, 5) is 0. The summed E-state index contributed by atoms with van der Waals surface area (Å²) in [6.45, 7) is 3.92. The lowest BCUT2D eigenvalue weighted by Gasteiger charge is -2.19. The van der Waals surface area contributed by atoms with Crippen molar-refractivity contribution in [1.82, 2.24) is 5.09 Å². The normalized spacial score (nSPS) is 42.7. The lowest BCUT2D eigenvalue weighted by molar-refractivity contribution is -0.170. The lowest BCUT2D eigenvalue weighted by atomic mass is 10.4. The van der Waals surface area contributed by atoms with Crippen LogP contribution in [0.4, 0.5) is 0 Å². The van der Waals surface area contributed by atoms with Crippen molar-refractivity contribution in [2.24, 2.45) is 0 Å². The standard InChI is InChI=1S/C8H16NO6P/c1-8(2)13-6(5-10)7(14-8)15-16(11)9-3-4-12-16/h6-7,10H,3-5H2,1-2H3,(H,9,11). The van der Waals surface area contributed by atoms with Crippen LogP contribution in [0, 0.1) is 0 Å². The molecule has 2 rings (SSSR count). The van der Waals surface area contributed by atoms with E-state index in [0.29, 0.717) is 13.2 Å². The van der Waals surface area contributed by atoms with Crippen LogP contribution in [0.5, 0.6) is 0 Å². The van der Waals surface area contributed by atoms with E-state index in [1.165, 1.54) is 0 Å². The SMILES string of the molecule is CC1(C)OC(CO)C(OP2(=O)NCCO2)O1. The minimum Gasteiger partial charge on any atom is -0.393 e. The molecule has 16 heavy (non-hydrogen) atoms. The van der Waals surface area contributed by atoms with Gasteiger partial charge in [-0.15, -0.1) is 0 Å². The highest BCUT2D eigenvalue weighted by molar-refractivity contribution is 7.51. The third-order valence-corrected chi connectivity index (χ3v) is 3.85. The van der Waals surface area contributed by atoms with Crippen molar-refractivity contribution in [2.75, 3.05) is 19.8 Å². The largest absolute Gasteiger partial charge is 0.408 e. The molecule has 0 radical (unpaired) electrons. The summed E-state index contributed by atoms with van der Waals surface area (Å²) in [5.41, 5.74) is 0. The molecule has 3 atom stereocenters. The highest BCUT2D eigenvalue weighted by Crippen LogP contribution is 2.49. The zero-order valence-electron chi connectivity index (χ0n) is 9.21. The second kappa shape index (κ2) is 4.34. The molecule has 0 amide bonds. The van der Waals surface area contributed by atoms with Crippen LogP contribution in [0.2, 0.25) is 0 Å². The van der Waals surface area contributed by atoms with Gasteiger partial charge in [-0.05, 0) is 13.8 Å². The molecule has 2 fully saturated rings. The van der Waals surface area contributed by atoms with E-state index in [0.717, 1.165) is 0 Å². The molecule has 2 aliphatic heterocycles. The van der Waals surface area contributed by atoms with Gasteiger partial charge in [-0.25, -0.2) is 9.65 Å². The first-order valence-corrected chi connectivity index (χ1v) is 6.63. The molecule has 2 saturated heterocycles. The Labute approximate surface area is 93.6 Å². The molecular formula is C8H16NO6P. The molecule has 94 valence electrons. The van der Waals surface area contributed by atoms with Gasteiger partial charge in [-0.1, -0.05) is 0 Å². The molecule has 3 unspecified atom stereocenters. The first-order chi connectivity index (χ1) is 7.44. The summed E-state index contributed by atoms with van der Waals surface area (Å²) in [5.74, 6) is -0.864. The fourth-order valence-electron chi connectivity index (χ4n) is 1.61. The summed E-state index contributed by atoms with van der Waals surface area (Å²) in [6, 6.07) is 0. The number of aliphatic hydroxyl groups excluding tert-OH is 1. The number of aliphatic hydroxyl groups is 1. The molecular weight excluding hydrogens is 237 g/mol. The van der Waals surface area contributed by atoms with Gasteiger partial charge in [0.05, 0.1) is 13.2 Å². The van der Waals surface area contributed by atoms with E-state index in [1.54, 1.807) is 13.8 Å². The fourth-order valence-corrected chi connectivity index (χ4v) is 2.99. The molecule has 0 aromatic carbocycles. The molecule has 2 aliphatic rings. The van der Waals surface area contributed by atoms with Gasteiger partial charge in [0.2, 0.25) is 0 Å². The Bertz CT molecular complexity index is 299. The Hall–Kier alpha value is -0.0100. The third kappa shape index (κ3) is 2.62. The van der Waals surface area contributed by atoms with Crippen LogP contribution in [0.1, 0.15) is 13.8 Å². The van der Waals surface area contributed by atoms with Gasteiger partial charge in [-0.2, -0.15) is 0 Å². The molecule has 2 heterocycles. The van der Waals surface area contributed by atoms with Crippen molar-refractivity contribution in [3.05, 3.63) is 0 Å². The molecule has 2 N–H and O–H groups in total. The first kappa shape index (κ1) is 12.4. The summed E-state index contributed by atoms with van der Waals surface area (Å²) >= 11 is 0. The van der Waals surface area contributed by atoms with E-state index in [4.69, 9.17) is 23.6 Å². The lowest BCUT2D eigenvalue weighted by Crippen LogP contribution is -2.29. The van der Waals surface area contributed by atoms with Crippen molar-refractivity contribution in [1.29, 1.82) is 0 Å². The molecule has 0 saturated carbocycles. The van der Waals surface area contributed by atoms with E-state index < -0.39 is 25.9 Å². The number of rotatable bonds is 3. The Morgan fingerprint density at radius 2 is 2.31 bits per heavy atom. The van der Waals surface area contributed by atoms with E-state index in [9.17, 15) is 4.57 Å². The van der Waals surface area contributed by atoms with Gasteiger partial charge in [0.15, 0.2) is 12.1 Å². The van der Waals surface area contributed by atoms with Crippen LogP contribution >= 0.6 is 7.75 Å². The third-order valence-electron chi connectivity index (χ3n) is 2.23. The minimum absolute atomic E-state index is 0.270. The second-order valence-corrected chi connectivity index (χ2v) is 5.85. The number of nitrogens with one attached hydrogen (secondary N) is 1. The van der Waals surface area contributed by atoms with Crippen LogP contribution in [-0.2, 0) is 23.1 Å². The number of ether oxygens (including phenoxy) is 2. The Balaban J connectivity index is 2.01. The first-order valence-electron chi connectivity index (χ1n) is 5.09. The van der Waals surface area contributed by atoms with Crippen LogP contribution in [-0.4, -0.2) is 43.0 Å². The van der Waals surface area contributed by atoms with Gasteiger partial charge in [0, 0.05) is 6.54 Å². The predicted molar refractivity (Wildman–Crippen MR) is 53.6 cm³/mol. The van der Waals surface area contributed by atoms with Crippen molar-refractivity contribution < 1.29 is 28.2 Å². The van der Waals surface area contributed by atoms with E-state index >= 15 is 0 Å². The summed E-state index contributed by atoms with van der Waals surface area (Å²) in [7, 11) is -3.29. The highest BCUT2D eigenvalue weighted by atomic mass is 31.2. The monoisotopic (exact) mass is 253 g/mol. The van der Waals surface area contributed by atoms with Crippen molar-refractivity contribution >= 4 is 7.75 Å². The maximum Gasteiger partial charge on any atom is 0.408 e. The van der Waals surface area contributed by atoms with E-state index in [2.05, 4.69) is 5.09 Å². The van der Waals surface area contributed by atoms with Crippen LogP contribution in [0.25, 0.3) is 0 Å². The molecule has 0 aliphatic carbocycles. The van der Waals surface area contributed by atoms with Gasteiger partial charge in [0.1, 0.15) is 6.10 Å². The van der Waals surface area contributed by atoms with Crippen molar-refractivity contribution in [2.45, 2.75) is 32.0 Å². The van der Waals surface area contributed by atoms with Crippen LogP contribution < -0.4 is 5.09 Å². The predicted octanol–water partition coefficient (Wildman–Crippen LogP) is 0.201. The molecule has 0 bridgehead atoms. The van der Waals surface area contributed by atoms with Gasteiger partial charge < -0.3 is 14.6 Å². The quantitative estimate of drug-likeness (QED) is 0.695. The maximum absolute atomic E-state index is 11.9. The average molecular weight is 253 g/mol. The number of hydrogen-bond acceptors (Lipinski definition) is 6. The fraction of sp³-hybridized carbons (Fsp3) is 1.00. The number of hydrogen-bond donors (Lipinski definition) is 2. The molecule has 0 aromatic rings. The summed E-state index contributed by atoms with van der Waals surface area (Å²) < 4.78 is 32.8. The molecule has 8 heteroatoms. The zero-order valence-corrected chi connectivity index (χ0v) is 10.1. The molecule has 0 spiro atoms. The summed E-state index contributed by atoms with van der Waals surface area (Å²) in [6.07, 6.45) is -1.55. The van der Waals surface area contributed by atoms with Crippen molar-refractivity contribution in [3.8, 4) is 0 Å². The van der Waals surface area contributed by atoms with Gasteiger partial charge >= 0.3 is 7.75 Å². The maximum atomic E-state index is 11.9. The minimum atomic E-state index is -3.29. The molecule has 0 aromatic heterocycles. The van der Waals surface area contributed by atoms with Crippen LogP contribution in [0.3, 0.4) is 0 Å². The molecule has 7 nitrogen and oxygen atoms in total. The zero-order chi connectivity index (χ0) is 11.8. The highest BCUT2D eigenvalue weighted by Gasteiger charge is 2.46.